The Kier molecular flexibility index (Phi) is 2.91. The van der Waals surface area contributed by atoms with E-state index in [0.717, 1.165) is 10.4 Å². The van der Waals surface area contributed by atoms with Crippen LogP contribution in [0.4, 0.5) is 5.69 Å². The van der Waals surface area contributed by atoms with Crippen molar-refractivity contribution >= 4 is 22.9 Å². The van der Waals surface area contributed by atoms with Crippen LogP contribution < -0.4 is 14.8 Å². The number of rotatable bonds is 2. The van der Waals surface area contributed by atoms with Crippen LogP contribution in [-0.4, -0.2) is 12.7 Å². The van der Waals surface area contributed by atoms with Gasteiger partial charge in [-0.05, 0) is 37.6 Å². The number of fused-ring (bicyclic) bond motifs is 1. The monoisotopic (exact) mass is 275 g/mol. The second kappa shape index (κ2) is 4.59. The van der Waals surface area contributed by atoms with Crippen LogP contribution in [-0.2, 0) is 0 Å². The molecular formula is C14H13NO3S. The molecule has 0 bridgehead atoms. The highest BCUT2D eigenvalue weighted by molar-refractivity contribution is 7.14. The Bertz CT molecular complexity index is 629. The number of carbonyl (C=O) groups is 1. The molecule has 0 saturated carbocycles. The first-order valence-corrected chi connectivity index (χ1v) is 6.73. The van der Waals surface area contributed by atoms with Gasteiger partial charge in [0, 0.05) is 16.6 Å². The van der Waals surface area contributed by atoms with Crippen LogP contribution in [0, 0.1) is 13.8 Å². The van der Waals surface area contributed by atoms with Gasteiger partial charge in [-0.3, -0.25) is 4.79 Å². The molecule has 0 saturated heterocycles. The zero-order valence-electron chi connectivity index (χ0n) is 10.6. The predicted octanol–water partition coefficient (Wildman–Crippen LogP) is 3.35. The van der Waals surface area contributed by atoms with E-state index in [2.05, 4.69) is 5.32 Å². The molecule has 4 nitrogen and oxygen atoms in total. The van der Waals surface area contributed by atoms with Gasteiger partial charge < -0.3 is 14.8 Å². The zero-order valence-corrected chi connectivity index (χ0v) is 11.5. The van der Waals surface area contributed by atoms with Gasteiger partial charge in [0.05, 0.1) is 4.88 Å². The van der Waals surface area contributed by atoms with Crippen molar-refractivity contribution < 1.29 is 14.3 Å². The third-order valence-electron chi connectivity index (χ3n) is 3.02. The van der Waals surface area contributed by atoms with Gasteiger partial charge in [0.25, 0.3) is 5.91 Å². The molecule has 1 N–H and O–H groups in total. The number of carbonyl (C=O) groups excluding carboxylic acids is 1. The fraction of sp³-hybridized carbons (Fsp3) is 0.214. The quantitative estimate of drug-likeness (QED) is 0.914. The molecule has 0 aliphatic carbocycles. The smallest absolute Gasteiger partial charge is 0.265 e. The normalized spacial score (nSPS) is 12.5. The Morgan fingerprint density at radius 1 is 1.21 bits per heavy atom. The van der Waals surface area contributed by atoms with Crippen LogP contribution in [0.15, 0.2) is 24.3 Å². The second-order valence-electron chi connectivity index (χ2n) is 4.37. The molecule has 3 rings (SSSR count). The molecule has 1 aromatic carbocycles. The van der Waals surface area contributed by atoms with E-state index in [0.29, 0.717) is 22.1 Å². The molecule has 1 amide bonds. The van der Waals surface area contributed by atoms with Gasteiger partial charge in [0.15, 0.2) is 11.5 Å². The van der Waals surface area contributed by atoms with Gasteiger partial charge in [0.1, 0.15) is 0 Å². The van der Waals surface area contributed by atoms with Crippen molar-refractivity contribution in [3.8, 4) is 11.5 Å². The molecule has 1 aliphatic rings. The van der Waals surface area contributed by atoms with Crippen molar-refractivity contribution in [1.82, 2.24) is 0 Å². The Balaban J connectivity index is 1.79. The Morgan fingerprint density at radius 2 is 2.00 bits per heavy atom. The average Bonchev–Trinajstić information content (AvgIpc) is 2.96. The van der Waals surface area contributed by atoms with Gasteiger partial charge in [-0.2, -0.15) is 0 Å². The molecule has 2 heterocycles. The Hall–Kier alpha value is -2.01. The first kappa shape index (κ1) is 12.0. The molecule has 98 valence electrons. The minimum Gasteiger partial charge on any atom is -0.454 e. The largest absolute Gasteiger partial charge is 0.454 e. The molecule has 2 aromatic rings. The minimum atomic E-state index is -0.0972. The van der Waals surface area contributed by atoms with E-state index in [-0.39, 0.29) is 12.7 Å². The van der Waals surface area contributed by atoms with Crippen LogP contribution in [0.25, 0.3) is 0 Å². The molecule has 0 fully saturated rings. The van der Waals surface area contributed by atoms with Crippen LogP contribution in [0.5, 0.6) is 11.5 Å². The average molecular weight is 275 g/mol. The maximum atomic E-state index is 12.1. The molecule has 19 heavy (non-hydrogen) atoms. The molecule has 5 heteroatoms. The van der Waals surface area contributed by atoms with E-state index in [9.17, 15) is 4.79 Å². The summed E-state index contributed by atoms with van der Waals surface area (Å²) in [5, 5.41) is 2.86. The highest BCUT2D eigenvalue weighted by atomic mass is 32.1. The van der Waals surface area contributed by atoms with Gasteiger partial charge in [-0.25, -0.2) is 0 Å². The summed E-state index contributed by atoms with van der Waals surface area (Å²) in [6.45, 7) is 4.25. The summed E-state index contributed by atoms with van der Waals surface area (Å²) in [6, 6.07) is 7.28. The number of amides is 1. The minimum absolute atomic E-state index is 0.0972. The topological polar surface area (TPSA) is 47.6 Å². The van der Waals surface area contributed by atoms with Crippen molar-refractivity contribution in [2.45, 2.75) is 13.8 Å². The number of ether oxygens (including phenoxy) is 2. The molecule has 1 aliphatic heterocycles. The number of nitrogens with one attached hydrogen (secondary N) is 1. The van der Waals surface area contributed by atoms with Crippen molar-refractivity contribution in [1.29, 1.82) is 0 Å². The highest BCUT2D eigenvalue weighted by Gasteiger charge is 2.15. The number of benzene rings is 1. The van der Waals surface area contributed by atoms with Crippen LogP contribution >= 0.6 is 11.3 Å². The molecule has 0 atom stereocenters. The van der Waals surface area contributed by atoms with Crippen LogP contribution in [0.1, 0.15) is 20.1 Å². The lowest BCUT2D eigenvalue weighted by atomic mass is 10.2. The number of aryl methyl sites for hydroxylation is 2. The third-order valence-corrected chi connectivity index (χ3v) is 4.17. The highest BCUT2D eigenvalue weighted by Crippen LogP contribution is 2.34. The maximum Gasteiger partial charge on any atom is 0.265 e. The third kappa shape index (κ3) is 2.29. The fourth-order valence-electron chi connectivity index (χ4n) is 1.85. The van der Waals surface area contributed by atoms with Gasteiger partial charge in [-0.1, -0.05) is 0 Å². The number of hydrogen-bond donors (Lipinski definition) is 1. The molecular weight excluding hydrogens is 262 g/mol. The molecule has 0 radical (unpaired) electrons. The summed E-state index contributed by atoms with van der Waals surface area (Å²) in [4.78, 5) is 14.0. The lowest BCUT2D eigenvalue weighted by Gasteiger charge is -2.04. The van der Waals surface area contributed by atoms with E-state index < -0.39 is 0 Å². The number of thiophene rings is 1. The van der Waals surface area contributed by atoms with Crippen molar-refractivity contribution in [2.24, 2.45) is 0 Å². The van der Waals surface area contributed by atoms with Crippen molar-refractivity contribution in [3.05, 3.63) is 39.6 Å². The summed E-state index contributed by atoms with van der Waals surface area (Å²) < 4.78 is 10.5. The summed E-state index contributed by atoms with van der Waals surface area (Å²) in [6.07, 6.45) is 0. The molecule has 1 aromatic heterocycles. The SMILES string of the molecule is Cc1cc(C(=O)Nc2ccc3c(c2)OCO3)sc1C. The zero-order chi connectivity index (χ0) is 13.4. The van der Waals surface area contributed by atoms with E-state index >= 15 is 0 Å². The van der Waals surface area contributed by atoms with Gasteiger partial charge in [0.2, 0.25) is 6.79 Å². The molecule has 0 spiro atoms. The first-order valence-electron chi connectivity index (χ1n) is 5.91. The number of hydrogen-bond acceptors (Lipinski definition) is 4. The summed E-state index contributed by atoms with van der Waals surface area (Å²) >= 11 is 1.50. The lowest BCUT2D eigenvalue weighted by Crippen LogP contribution is -2.09. The van der Waals surface area contributed by atoms with Crippen LogP contribution in [0.3, 0.4) is 0 Å². The predicted molar refractivity (Wildman–Crippen MR) is 74.3 cm³/mol. The Labute approximate surface area is 115 Å². The second-order valence-corrected chi connectivity index (χ2v) is 5.63. The Morgan fingerprint density at radius 3 is 2.74 bits per heavy atom. The fourth-order valence-corrected chi connectivity index (χ4v) is 2.78. The van der Waals surface area contributed by atoms with E-state index in [1.807, 2.05) is 19.9 Å². The summed E-state index contributed by atoms with van der Waals surface area (Å²) in [5.41, 5.74) is 1.85. The van der Waals surface area contributed by atoms with Crippen LogP contribution in [0.2, 0.25) is 0 Å². The van der Waals surface area contributed by atoms with E-state index in [1.54, 1.807) is 18.2 Å². The number of anilines is 1. The van der Waals surface area contributed by atoms with Gasteiger partial charge >= 0.3 is 0 Å². The maximum absolute atomic E-state index is 12.1. The van der Waals surface area contributed by atoms with Crippen molar-refractivity contribution in [3.63, 3.8) is 0 Å². The van der Waals surface area contributed by atoms with E-state index in [4.69, 9.17) is 9.47 Å². The molecule has 0 unspecified atom stereocenters. The standard InChI is InChI=1S/C14H13NO3S/c1-8-5-13(19-9(8)2)14(16)15-10-3-4-11-12(6-10)18-7-17-11/h3-6H,7H2,1-2H3,(H,15,16). The summed E-state index contributed by atoms with van der Waals surface area (Å²) in [5.74, 6) is 1.28. The lowest BCUT2D eigenvalue weighted by molar-refractivity contribution is 0.103. The van der Waals surface area contributed by atoms with Crippen molar-refractivity contribution in [2.75, 3.05) is 12.1 Å². The van der Waals surface area contributed by atoms with Gasteiger partial charge in [-0.15, -0.1) is 11.3 Å². The van der Waals surface area contributed by atoms with E-state index in [1.165, 1.54) is 11.3 Å². The first-order chi connectivity index (χ1) is 9.13. The summed E-state index contributed by atoms with van der Waals surface area (Å²) in [7, 11) is 0.